The molecule has 1 heterocycles. The zero-order valence-electron chi connectivity index (χ0n) is 12.6. The number of nitrogens with two attached hydrogens (primary N) is 1. The van der Waals surface area contributed by atoms with Crippen LogP contribution < -0.4 is 15.4 Å². The van der Waals surface area contributed by atoms with Crippen molar-refractivity contribution in [3.05, 3.63) is 0 Å². The van der Waals surface area contributed by atoms with Crippen molar-refractivity contribution in [1.29, 1.82) is 0 Å². The molecule has 0 aliphatic rings. The van der Waals surface area contributed by atoms with Gasteiger partial charge in [-0.05, 0) is 20.8 Å². The Morgan fingerprint density at radius 1 is 1.30 bits per heavy atom. The lowest BCUT2D eigenvalue weighted by Gasteiger charge is -2.22. The van der Waals surface area contributed by atoms with Gasteiger partial charge in [-0.1, -0.05) is 0 Å². The highest BCUT2D eigenvalue weighted by Crippen LogP contribution is 2.14. The van der Waals surface area contributed by atoms with Gasteiger partial charge in [-0.3, -0.25) is 4.79 Å². The van der Waals surface area contributed by atoms with E-state index in [9.17, 15) is 4.79 Å². The summed E-state index contributed by atoms with van der Waals surface area (Å²) in [4.78, 5) is 27.2. The quantitative estimate of drug-likeness (QED) is 0.793. The molecule has 0 saturated carbocycles. The van der Waals surface area contributed by atoms with Gasteiger partial charge in [-0.15, -0.1) is 0 Å². The molecular formula is C12H22N6O2. The van der Waals surface area contributed by atoms with Crippen molar-refractivity contribution in [3.63, 3.8) is 0 Å². The van der Waals surface area contributed by atoms with Gasteiger partial charge < -0.3 is 20.3 Å². The molecule has 8 nitrogen and oxygen atoms in total. The maximum atomic E-state index is 11.8. The standard InChI is InChI=1S/C12H22N6O2/c1-6-18(7-9(19)17(4)5)11-14-10(13)15-12(16-11)20-8(2)3/h8H,6-7H2,1-5H3,(H2,13,14,15,16). The summed E-state index contributed by atoms with van der Waals surface area (Å²) in [6.07, 6.45) is -0.0665. The first-order valence-corrected chi connectivity index (χ1v) is 6.46. The Morgan fingerprint density at radius 2 is 1.95 bits per heavy atom. The number of hydrogen-bond acceptors (Lipinski definition) is 7. The average Bonchev–Trinajstić information content (AvgIpc) is 2.33. The summed E-state index contributed by atoms with van der Waals surface area (Å²) in [5.41, 5.74) is 5.65. The Balaban J connectivity index is 2.96. The Morgan fingerprint density at radius 3 is 2.45 bits per heavy atom. The molecule has 0 unspecified atom stereocenters. The smallest absolute Gasteiger partial charge is 0.323 e. The fourth-order valence-corrected chi connectivity index (χ4v) is 1.39. The minimum Gasteiger partial charge on any atom is -0.461 e. The molecule has 0 saturated heterocycles. The fourth-order valence-electron chi connectivity index (χ4n) is 1.39. The van der Waals surface area contributed by atoms with E-state index in [1.807, 2.05) is 20.8 Å². The molecule has 0 spiro atoms. The van der Waals surface area contributed by atoms with Crippen molar-refractivity contribution in [1.82, 2.24) is 19.9 Å². The number of carbonyl (C=O) groups is 1. The SMILES string of the molecule is CCN(CC(=O)N(C)C)c1nc(N)nc(OC(C)C)n1. The van der Waals surface area contributed by atoms with Crippen molar-refractivity contribution in [2.24, 2.45) is 0 Å². The molecular weight excluding hydrogens is 260 g/mol. The second-order valence-electron chi connectivity index (χ2n) is 4.75. The number of aromatic nitrogens is 3. The van der Waals surface area contributed by atoms with E-state index < -0.39 is 0 Å². The summed E-state index contributed by atoms with van der Waals surface area (Å²) < 4.78 is 5.42. The zero-order chi connectivity index (χ0) is 15.3. The summed E-state index contributed by atoms with van der Waals surface area (Å²) in [7, 11) is 3.40. The second-order valence-corrected chi connectivity index (χ2v) is 4.75. The van der Waals surface area contributed by atoms with Crippen LogP contribution in [0.4, 0.5) is 11.9 Å². The Kier molecular flexibility index (Phi) is 5.48. The van der Waals surface area contributed by atoms with Gasteiger partial charge in [0.1, 0.15) is 0 Å². The van der Waals surface area contributed by atoms with Crippen LogP contribution in [0, 0.1) is 0 Å². The first-order valence-electron chi connectivity index (χ1n) is 6.46. The maximum Gasteiger partial charge on any atom is 0.323 e. The molecule has 0 aliphatic heterocycles. The minimum absolute atomic E-state index is 0.0443. The summed E-state index contributed by atoms with van der Waals surface area (Å²) in [6.45, 7) is 6.39. The van der Waals surface area contributed by atoms with Crippen molar-refractivity contribution in [2.45, 2.75) is 26.9 Å². The lowest BCUT2D eigenvalue weighted by atomic mass is 10.4. The van der Waals surface area contributed by atoms with Crippen LogP contribution >= 0.6 is 0 Å². The van der Waals surface area contributed by atoms with E-state index in [4.69, 9.17) is 10.5 Å². The van der Waals surface area contributed by atoms with Crippen LogP contribution in [0.15, 0.2) is 0 Å². The normalized spacial score (nSPS) is 10.5. The van der Waals surface area contributed by atoms with E-state index in [1.165, 1.54) is 4.90 Å². The van der Waals surface area contributed by atoms with Crippen molar-refractivity contribution >= 4 is 17.8 Å². The third-order valence-corrected chi connectivity index (χ3v) is 2.45. The third-order valence-electron chi connectivity index (χ3n) is 2.45. The van der Waals surface area contributed by atoms with Crippen LogP contribution in [-0.4, -0.2) is 59.0 Å². The monoisotopic (exact) mass is 282 g/mol. The van der Waals surface area contributed by atoms with Gasteiger partial charge in [0, 0.05) is 20.6 Å². The van der Waals surface area contributed by atoms with E-state index in [2.05, 4.69) is 15.0 Å². The van der Waals surface area contributed by atoms with E-state index >= 15 is 0 Å². The highest BCUT2D eigenvalue weighted by molar-refractivity contribution is 5.80. The molecule has 20 heavy (non-hydrogen) atoms. The predicted molar refractivity (Wildman–Crippen MR) is 76.6 cm³/mol. The zero-order valence-corrected chi connectivity index (χ0v) is 12.6. The predicted octanol–water partition coefficient (Wildman–Crippen LogP) is 0.156. The number of likely N-dealkylation sites (N-methyl/N-ethyl adjacent to an activating group) is 2. The van der Waals surface area contributed by atoms with Crippen LogP contribution in [0.3, 0.4) is 0 Å². The molecule has 0 bridgehead atoms. The molecule has 1 aromatic rings. The number of amides is 1. The van der Waals surface area contributed by atoms with Gasteiger partial charge >= 0.3 is 6.01 Å². The van der Waals surface area contributed by atoms with Gasteiger partial charge in [-0.25, -0.2) is 0 Å². The number of rotatable bonds is 6. The number of hydrogen-bond donors (Lipinski definition) is 1. The van der Waals surface area contributed by atoms with Crippen LogP contribution in [0.5, 0.6) is 6.01 Å². The topological polar surface area (TPSA) is 97.5 Å². The van der Waals surface area contributed by atoms with Crippen LogP contribution in [0.1, 0.15) is 20.8 Å². The van der Waals surface area contributed by atoms with E-state index in [0.29, 0.717) is 12.5 Å². The van der Waals surface area contributed by atoms with Crippen LogP contribution in [0.2, 0.25) is 0 Å². The summed E-state index contributed by atoms with van der Waals surface area (Å²) in [5, 5.41) is 0. The average molecular weight is 282 g/mol. The van der Waals surface area contributed by atoms with Gasteiger partial charge in [0.15, 0.2) is 0 Å². The third kappa shape index (κ3) is 4.52. The number of anilines is 2. The van der Waals surface area contributed by atoms with Gasteiger partial charge in [0.25, 0.3) is 0 Å². The minimum atomic E-state index is -0.0665. The molecule has 0 aliphatic carbocycles. The molecule has 1 aromatic heterocycles. The van der Waals surface area contributed by atoms with Gasteiger partial charge in [-0.2, -0.15) is 15.0 Å². The molecule has 0 aromatic carbocycles. The molecule has 112 valence electrons. The lowest BCUT2D eigenvalue weighted by Crippen LogP contribution is -2.37. The number of nitrogen functional groups attached to an aromatic ring is 1. The van der Waals surface area contributed by atoms with Crippen molar-refractivity contribution in [2.75, 3.05) is 37.8 Å². The second kappa shape index (κ2) is 6.88. The summed E-state index contributed by atoms with van der Waals surface area (Å²) >= 11 is 0. The van der Waals surface area contributed by atoms with Crippen LogP contribution in [0.25, 0.3) is 0 Å². The highest BCUT2D eigenvalue weighted by Gasteiger charge is 2.16. The molecule has 0 radical (unpaired) electrons. The van der Waals surface area contributed by atoms with E-state index in [1.54, 1.807) is 19.0 Å². The molecule has 1 amide bonds. The van der Waals surface area contributed by atoms with E-state index in [0.717, 1.165) is 0 Å². The molecule has 0 fully saturated rings. The molecule has 0 atom stereocenters. The van der Waals surface area contributed by atoms with Gasteiger partial charge in [0.2, 0.25) is 17.8 Å². The maximum absolute atomic E-state index is 11.8. The molecule has 1 rings (SSSR count). The van der Waals surface area contributed by atoms with Gasteiger partial charge in [0.05, 0.1) is 12.6 Å². The summed E-state index contributed by atoms with van der Waals surface area (Å²) in [6, 6.07) is 0.165. The first kappa shape index (κ1) is 15.9. The van der Waals surface area contributed by atoms with Crippen molar-refractivity contribution < 1.29 is 9.53 Å². The molecule has 8 heteroatoms. The van der Waals surface area contributed by atoms with E-state index in [-0.39, 0.29) is 30.5 Å². The lowest BCUT2D eigenvalue weighted by molar-refractivity contribution is -0.127. The number of carbonyl (C=O) groups excluding carboxylic acids is 1. The summed E-state index contributed by atoms with van der Waals surface area (Å²) in [5.74, 6) is 0.365. The fraction of sp³-hybridized carbons (Fsp3) is 0.667. The molecule has 2 N–H and O–H groups in total. The van der Waals surface area contributed by atoms with Crippen molar-refractivity contribution in [3.8, 4) is 6.01 Å². The number of ether oxygens (including phenoxy) is 1. The number of nitrogens with zero attached hydrogens (tertiary/aromatic N) is 5. The first-order chi connectivity index (χ1) is 9.33. The van der Waals surface area contributed by atoms with Crippen LogP contribution in [-0.2, 0) is 4.79 Å². The Bertz CT molecular complexity index is 463. The largest absolute Gasteiger partial charge is 0.461 e. The Hall–Kier alpha value is -2.12. The Labute approximate surface area is 119 Å². The highest BCUT2D eigenvalue weighted by atomic mass is 16.5.